The summed E-state index contributed by atoms with van der Waals surface area (Å²) in [5.41, 5.74) is -1.43. The number of carbonyl (C=O) groups excluding carboxylic acids is 7. The lowest BCUT2D eigenvalue weighted by molar-refractivity contribution is -0.341. The van der Waals surface area contributed by atoms with Crippen LogP contribution in [0.2, 0.25) is 0 Å². The minimum Gasteiger partial charge on any atom is -0.463 e. The molecule has 0 amide bonds. The lowest BCUT2D eigenvalue weighted by atomic mass is 9.96. The van der Waals surface area contributed by atoms with Crippen molar-refractivity contribution >= 4 is 53.4 Å². The van der Waals surface area contributed by atoms with Gasteiger partial charge in [0.2, 0.25) is 0 Å². The van der Waals surface area contributed by atoms with Gasteiger partial charge in [-0.1, -0.05) is 11.6 Å². The Balaban J connectivity index is 2.66. The number of hydrogen-bond acceptors (Lipinski definition) is 17. The van der Waals surface area contributed by atoms with Crippen molar-refractivity contribution in [2.45, 2.75) is 109 Å². The highest BCUT2D eigenvalue weighted by Gasteiger charge is 2.57. The number of esters is 7. The average molecular weight is 655 g/mol. The Kier molecular flexibility index (Phi) is 13.8. The molecule has 0 aromatic rings. The van der Waals surface area contributed by atoms with Crippen LogP contribution in [0.5, 0.6) is 0 Å². The highest BCUT2D eigenvalue weighted by molar-refractivity contribution is 6.20. The molecule has 2 saturated heterocycles. The topological polar surface area (TPSA) is 212 Å². The second-order valence-electron chi connectivity index (χ2n) is 9.64. The zero-order valence-corrected chi connectivity index (χ0v) is 25.8. The summed E-state index contributed by atoms with van der Waals surface area (Å²) >= 11 is 6.32. The van der Waals surface area contributed by atoms with Gasteiger partial charge in [-0.25, -0.2) is 0 Å². The molecule has 10 atom stereocenters. The van der Waals surface area contributed by atoms with Gasteiger partial charge >= 0.3 is 41.8 Å². The van der Waals surface area contributed by atoms with Crippen LogP contribution in [0.15, 0.2) is 0 Å². The van der Waals surface area contributed by atoms with E-state index in [1.54, 1.807) is 0 Å². The van der Waals surface area contributed by atoms with Gasteiger partial charge in [-0.3, -0.25) is 33.6 Å². The lowest BCUT2D eigenvalue weighted by Gasteiger charge is -2.48. The molecule has 2 fully saturated rings. The van der Waals surface area contributed by atoms with Crippen molar-refractivity contribution < 1.29 is 80.9 Å². The fraction of sp³-hybridized carbons (Fsp3) is 0.731. The molecule has 17 nitrogen and oxygen atoms in total. The van der Waals surface area contributed by atoms with Crippen molar-refractivity contribution in [2.24, 2.45) is 0 Å². The normalized spacial score (nSPS) is 31.5. The van der Waals surface area contributed by atoms with Crippen LogP contribution in [0.4, 0.5) is 0 Å². The Morgan fingerprint density at radius 2 is 0.841 bits per heavy atom. The predicted molar refractivity (Wildman–Crippen MR) is 139 cm³/mol. The molecule has 2 heterocycles. The van der Waals surface area contributed by atoms with Crippen molar-refractivity contribution in [3.63, 3.8) is 0 Å². The first-order chi connectivity index (χ1) is 20.5. The summed E-state index contributed by atoms with van der Waals surface area (Å²) in [7, 11) is 0. The first-order valence-corrected chi connectivity index (χ1v) is 13.7. The second-order valence-corrected chi connectivity index (χ2v) is 10.1. The number of carbonyl (C=O) groups is 7. The Labute approximate surface area is 256 Å². The van der Waals surface area contributed by atoms with Crippen LogP contribution in [0.25, 0.3) is 0 Å². The van der Waals surface area contributed by atoms with Crippen LogP contribution < -0.4 is 0 Å². The molecule has 0 spiro atoms. The SMILES string of the molecule is CC(=O)OC[C@H]1O[C@@H](Cl)[C@H](OC(C)=O)[C@@H](OC(C)=O)[C@@H]1O[C@@H]1O[C@H](COC(C)=O)[C@@H](OC(C)=O)[C@H](OC(C)=O)[C@H]1OC(C)=O. The highest BCUT2D eigenvalue weighted by Crippen LogP contribution is 2.36. The molecule has 248 valence electrons. The third-order valence-corrected chi connectivity index (χ3v) is 6.22. The molecule has 0 aliphatic carbocycles. The number of hydrogen-bond donors (Lipinski definition) is 0. The summed E-state index contributed by atoms with van der Waals surface area (Å²) in [6.07, 6.45) is -13.7. The fourth-order valence-corrected chi connectivity index (χ4v) is 4.79. The molecule has 2 rings (SSSR count). The Bertz CT molecular complexity index is 1090. The fourth-order valence-electron chi connectivity index (χ4n) is 4.46. The largest absolute Gasteiger partial charge is 0.463 e. The summed E-state index contributed by atoms with van der Waals surface area (Å²) in [6, 6.07) is 0. The maximum absolute atomic E-state index is 12.2. The van der Waals surface area contributed by atoms with E-state index in [9.17, 15) is 33.6 Å². The average Bonchev–Trinajstić information content (AvgIpc) is 2.87. The van der Waals surface area contributed by atoms with E-state index in [2.05, 4.69) is 0 Å². The molecular formula is C26H35ClO17. The number of ether oxygens (including phenoxy) is 10. The van der Waals surface area contributed by atoms with Crippen LogP contribution in [-0.4, -0.2) is 116 Å². The van der Waals surface area contributed by atoms with E-state index in [1.165, 1.54) is 0 Å². The highest BCUT2D eigenvalue weighted by atomic mass is 35.5. The molecule has 0 bridgehead atoms. The molecule has 18 heteroatoms. The summed E-state index contributed by atoms with van der Waals surface area (Å²) in [4.78, 5) is 83.6. The van der Waals surface area contributed by atoms with Gasteiger partial charge in [-0.2, -0.15) is 0 Å². The monoisotopic (exact) mass is 654 g/mol. The zero-order chi connectivity index (χ0) is 33.3. The van der Waals surface area contributed by atoms with Gasteiger partial charge in [-0.05, 0) is 0 Å². The molecule has 44 heavy (non-hydrogen) atoms. The van der Waals surface area contributed by atoms with Crippen LogP contribution in [0, 0.1) is 0 Å². The van der Waals surface area contributed by atoms with E-state index < -0.39 is 116 Å². The molecule has 0 N–H and O–H groups in total. The molecule has 0 unspecified atom stereocenters. The maximum Gasteiger partial charge on any atom is 0.303 e. The summed E-state index contributed by atoms with van der Waals surface area (Å²) in [5.74, 6) is -5.80. The Morgan fingerprint density at radius 3 is 1.27 bits per heavy atom. The molecule has 0 aromatic heterocycles. The minimum atomic E-state index is -1.76. The Hall–Kier alpha value is -3.54. The van der Waals surface area contributed by atoms with E-state index in [-0.39, 0.29) is 0 Å². The smallest absolute Gasteiger partial charge is 0.303 e. The van der Waals surface area contributed by atoms with Crippen molar-refractivity contribution in [3.8, 4) is 0 Å². The summed E-state index contributed by atoms with van der Waals surface area (Å²) in [6.45, 7) is 6.37. The van der Waals surface area contributed by atoms with Gasteiger partial charge in [0, 0.05) is 48.5 Å². The molecule has 0 aromatic carbocycles. The minimum absolute atomic E-state index is 0.515. The molecule has 0 saturated carbocycles. The third-order valence-electron chi connectivity index (χ3n) is 5.87. The second kappa shape index (κ2) is 16.5. The lowest BCUT2D eigenvalue weighted by Crippen LogP contribution is -2.66. The molecule has 2 aliphatic heterocycles. The van der Waals surface area contributed by atoms with Gasteiger partial charge in [-0.15, -0.1) is 0 Å². The summed E-state index contributed by atoms with van der Waals surface area (Å²) < 4.78 is 54.7. The van der Waals surface area contributed by atoms with E-state index in [1.807, 2.05) is 0 Å². The Morgan fingerprint density at radius 1 is 0.477 bits per heavy atom. The van der Waals surface area contributed by atoms with Crippen molar-refractivity contribution in [1.29, 1.82) is 0 Å². The number of rotatable bonds is 11. The van der Waals surface area contributed by atoms with E-state index in [4.69, 9.17) is 59.0 Å². The first-order valence-electron chi connectivity index (χ1n) is 13.2. The van der Waals surface area contributed by atoms with Crippen molar-refractivity contribution in [2.75, 3.05) is 13.2 Å². The summed E-state index contributed by atoms with van der Waals surface area (Å²) in [5, 5.41) is 0. The van der Waals surface area contributed by atoms with E-state index in [0.717, 1.165) is 48.5 Å². The number of halogens is 1. The van der Waals surface area contributed by atoms with Gasteiger partial charge < -0.3 is 47.4 Å². The van der Waals surface area contributed by atoms with E-state index >= 15 is 0 Å². The van der Waals surface area contributed by atoms with Crippen LogP contribution in [0.3, 0.4) is 0 Å². The van der Waals surface area contributed by atoms with Gasteiger partial charge in [0.05, 0.1) is 0 Å². The molecular weight excluding hydrogens is 620 g/mol. The standard InChI is InChI=1S/C26H35ClO17/c1-10(28)35-8-17-20(21(38-13(4)31)23(25(27)42-17)40-15(6)33)44-26-24(41-16(7)34)22(39-14(5)32)19(37-12(3)30)18(43-26)9-36-11(2)29/h17-26H,8-9H2,1-7H3/t17-,18-,19-,20-,21+,22+,23-,24-,25-,26+/m1/s1. The van der Waals surface area contributed by atoms with Crippen LogP contribution in [0.1, 0.15) is 48.5 Å². The predicted octanol–water partition coefficient (Wildman–Crippen LogP) is -0.155. The third kappa shape index (κ3) is 10.9. The van der Waals surface area contributed by atoms with Gasteiger partial charge in [0.25, 0.3) is 0 Å². The van der Waals surface area contributed by atoms with Crippen molar-refractivity contribution in [1.82, 2.24) is 0 Å². The van der Waals surface area contributed by atoms with Crippen LogP contribution in [-0.2, 0) is 80.9 Å². The van der Waals surface area contributed by atoms with Crippen molar-refractivity contribution in [3.05, 3.63) is 0 Å². The van der Waals surface area contributed by atoms with Crippen LogP contribution >= 0.6 is 11.6 Å². The van der Waals surface area contributed by atoms with E-state index in [0.29, 0.717) is 0 Å². The first kappa shape index (κ1) is 36.7. The zero-order valence-electron chi connectivity index (χ0n) is 25.0. The number of alkyl halides is 1. The van der Waals surface area contributed by atoms with Gasteiger partial charge in [0.15, 0.2) is 42.4 Å². The van der Waals surface area contributed by atoms with Gasteiger partial charge in [0.1, 0.15) is 31.5 Å². The molecule has 0 radical (unpaired) electrons. The quantitative estimate of drug-likeness (QED) is 0.161. The maximum atomic E-state index is 12.2. The molecule has 2 aliphatic rings.